The van der Waals surface area contributed by atoms with Crippen LogP contribution in [0.5, 0.6) is 0 Å². The lowest BCUT2D eigenvalue weighted by atomic mass is 9.80. The van der Waals surface area contributed by atoms with Gasteiger partial charge >= 0.3 is 0 Å². The van der Waals surface area contributed by atoms with Crippen molar-refractivity contribution in [3.8, 4) is 0 Å². The van der Waals surface area contributed by atoms with Gasteiger partial charge in [0.15, 0.2) is 0 Å². The number of aliphatic hydroxyl groups excluding tert-OH is 4. The second-order valence-electron chi connectivity index (χ2n) is 26.6. The van der Waals surface area contributed by atoms with E-state index in [0.29, 0.717) is 341 Å². The Morgan fingerprint density at radius 1 is 0.155 bits per heavy atom. The van der Waals surface area contributed by atoms with Crippen molar-refractivity contribution in [3.05, 3.63) is 144 Å². The van der Waals surface area contributed by atoms with Crippen molar-refractivity contribution in [1.82, 2.24) is 0 Å². The van der Waals surface area contributed by atoms with Gasteiger partial charge in [-0.3, -0.25) is 0 Å². The molecule has 28 heteroatoms. The maximum absolute atomic E-state index is 8.67. The molecule has 0 aliphatic carbocycles. The Kier molecular flexibility index (Phi) is 79.6. The lowest BCUT2D eigenvalue weighted by molar-refractivity contribution is -0.0214. The van der Waals surface area contributed by atoms with Crippen molar-refractivity contribution < 1.29 is 134 Å². The third-order valence-electron chi connectivity index (χ3n) is 17.5. The van der Waals surface area contributed by atoms with Crippen LogP contribution in [0.25, 0.3) is 0 Å². The van der Waals surface area contributed by atoms with Crippen LogP contribution >= 0.6 is 0 Å². The highest BCUT2D eigenvalue weighted by Crippen LogP contribution is 2.29. The predicted octanol–water partition coefficient (Wildman–Crippen LogP) is 7.34. The third kappa shape index (κ3) is 70.4. The molecule has 0 aliphatic heterocycles. The van der Waals surface area contributed by atoms with Crippen molar-refractivity contribution in [3.63, 3.8) is 0 Å². The highest BCUT2D eigenvalue weighted by molar-refractivity contribution is 5.19. The fourth-order valence-electron chi connectivity index (χ4n) is 11.6. The van der Waals surface area contributed by atoms with E-state index in [4.69, 9.17) is 134 Å². The van der Waals surface area contributed by atoms with Crippen molar-refractivity contribution >= 4 is 0 Å². The summed E-state index contributed by atoms with van der Waals surface area (Å²) in [4.78, 5) is 0. The number of ether oxygens (including phenoxy) is 24. The maximum Gasteiger partial charge on any atom is 0.0701 e. The molecule has 4 aromatic carbocycles. The molecule has 0 radical (unpaired) electrons. The van der Waals surface area contributed by atoms with Crippen LogP contribution < -0.4 is 0 Å². The molecule has 4 N–H and O–H groups in total. The molecule has 0 aromatic heterocycles. The number of hydrogen-bond donors (Lipinski definition) is 4. The van der Waals surface area contributed by atoms with E-state index in [1.807, 2.05) is 0 Å². The first-order chi connectivity index (χ1) is 57.7. The third-order valence-corrected chi connectivity index (χ3v) is 17.5. The summed E-state index contributed by atoms with van der Waals surface area (Å²) >= 11 is 0. The second kappa shape index (κ2) is 87.1. The summed E-state index contributed by atoms with van der Waals surface area (Å²) in [7, 11) is 0. The van der Waals surface area contributed by atoms with Crippen LogP contribution in [0.3, 0.4) is 0 Å². The fraction of sp³-hybridized carbons (Fsp3) is 0.727. The van der Waals surface area contributed by atoms with E-state index in [1.54, 1.807) is 0 Å². The summed E-state index contributed by atoms with van der Waals surface area (Å²) in [5.74, 6) is 1.51. The number of hydrogen-bond acceptors (Lipinski definition) is 28. The molecular weight excluding hydrogens is 1500 g/mol. The summed E-state index contributed by atoms with van der Waals surface area (Å²) in [5, 5.41) is 34.7. The van der Waals surface area contributed by atoms with Crippen LogP contribution in [0.1, 0.15) is 47.9 Å². The molecule has 0 spiro atoms. The van der Waals surface area contributed by atoms with E-state index in [0.717, 1.165) is 51.4 Å². The van der Waals surface area contributed by atoms with Crippen LogP contribution in [-0.2, 0) is 139 Å². The van der Waals surface area contributed by atoms with Crippen molar-refractivity contribution in [2.24, 2.45) is 23.7 Å². The average Bonchev–Trinajstić information content (AvgIpc) is 0.875. The average molecular weight is 1650 g/mol. The van der Waals surface area contributed by atoms with Crippen LogP contribution in [0.4, 0.5) is 0 Å². The molecule has 0 saturated carbocycles. The summed E-state index contributed by atoms with van der Waals surface area (Å²) in [6.07, 6.45) is 7.83. The SMILES string of the molecule is OCCOCCOCCOCCOCCOCCOCCC[C@@H](Cc1ccccc1)[C@@H](COCCOCCOCCOCCOCCOCCO)Cc1ccccc1.OCCOCCOCCOCCOCCOCCOCCC[C@H](Cc1ccccc1)[C@H](COCCOCCOCCOCCOCCOCCO)Cc1ccccc1. The molecular formula is C88H148O28. The summed E-state index contributed by atoms with van der Waals surface area (Å²) < 4.78 is 134. The number of rotatable bonds is 90. The monoisotopic (exact) mass is 1650 g/mol. The van der Waals surface area contributed by atoms with Gasteiger partial charge in [0.2, 0.25) is 0 Å². The molecule has 4 aromatic rings. The largest absolute Gasteiger partial charge is 0.394 e. The van der Waals surface area contributed by atoms with E-state index < -0.39 is 0 Å². The van der Waals surface area contributed by atoms with Gasteiger partial charge < -0.3 is 134 Å². The molecule has 116 heavy (non-hydrogen) atoms. The van der Waals surface area contributed by atoms with E-state index in [2.05, 4.69) is 121 Å². The minimum Gasteiger partial charge on any atom is -0.394 e. The second-order valence-corrected chi connectivity index (χ2v) is 26.6. The summed E-state index contributed by atoms with van der Waals surface area (Å²) in [6, 6.07) is 42.8. The molecule has 4 atom stereocenters. The topological polar surface area (TPSA) is 302 Å². The lowest BCUT2D eigenvalue weighted by Crippen LogP contribution is -2.26. The Labute approximate surface area is 693 Å². The number of benzene rings is 4. The van der Waals surface area contributed by atoms with Crippen molar-refractivity contribution in [2.75, 3.05) is 344 Å². The fourth-order valence-corrected chi connectivity index (χ4v) is 11.6. The zero-order valence-electron chi connectivity index (χ0n) is 69.9. The molecule has 0 aliphatic rings. The van der Waals surface area contributed by atoms with Crippen LogP contribution in [0.2, 0.25) is 0 Å². The molecule has 4 rings (SSSR count). The van der Waals surface area contributed by atoms with Gasteiger partial charge in [-0.2, -0.15) is 0 Å². The van der Waals surface area contributed by atoms with Crippen LogP contribution in [-0.4, -0.2) is 364 Å². The molecule has 0 fully saturated rings. The Hall–Kier alpha value is -4.24. The van der Waals surface area contributed by atoms with E-state index >= 15 is 0 Å². The first kappa shape index (κ1) is 106. The molecule has 0 amide bonds. The Morgan fingerprint density at radius 2 is 0.293 bits per heavy atom. The minimum absolute atomic E-state index is 0.0205. The molecule has 0 bridgehead atoms. The minimum atomic E-state index is 0.0205. The molecule has 668 valence electrons. The van der Waals surface area contributed by atoms with Gasteiger partial charge in [0.05, 0.1) is 330 Å². The Balaban J connectivity index is 0.000000600. The van der Waals surface area contributed by atoms with Crippen LogP contribution in [0, 0.1) is 23.7 Å². The van der Waals surface area contributed by atoms with E-state index in [-0.39, 0.29) is 26.4 Å². The highest BCUT2D eigenvalue weighted by Gasteiger charge is 2.25. The first-order valence-corrected chi connectivity index (χ1v) is 42.1. The lowest BCUT2D eigenvalue weighted by Gasteiger charge is -2.28. The van der Waals surface area contributed by atoms with E-state index in [9.17, 15) is 0 Å². The van der Waals surface area contributed by atoms with Gasteiger partial charge in [0, 0.05) is 13.2 Å². The Bertz CT molecular complexity index is 2340. The van der Waals surface area contributed by atoms with Gasteiger partial charge in [-0.05, 0) is 97.3 Å². The first-order valence-electron chi connectivity index (χ1n) is 42.1. The summed E-state index contributed by atoms with van der Waals surface area (Å²) in [6.45, 7) is 24.2. The quantitative estimate of drug-likeness (QED) is 0.0314. The number of aliphatic hydroxyl groups is 4. The van der Waals surface area contributed by atoms with Gasteiger partial charge in [-0.1, -0.05) is 121 Å². The molecule has 28 nitrogen and oxygen atoms in total. The normalized spacial score (nSPS) is 12.7. The molecule has 0 unspecified atom stereocenters. The molecule has 0 heterocycles. The van der Waals surface area contributed by atoms with Crippen molar-refractivity contribution in [1.29, 1.82) is 0 Å². The zero-order chi connectivity index (χ0) is 82.2. The summed E-state index contributed by atoms with van der Waals surface area (Å²) in [5.41, 5.74) is 5.30. The standard InChI is InChI=1S/2C44H74O14/c2*45-13-16-48-19-22-51-25-28-54-31-30-53-27-24-50-21-18-47-15-7-12-43(38-41-8-3-1-4-9-41)44(39-42-10-5-2-6-11-42)40-58-37-36-57-35-34-56-33-32-55-29-26-52-23-20-49-17-14-46/h2*1-6,8-11,43-46H,7,12-40H2/t2*43-,44+/m10/s1. The van der Waals surface area contributed by atoms with Gasteiger partial charge in [0.1, 0.15) is 0 Å². The highest BCUT2D eigenvalue weighted by atomic mass is 16.6. The van der Waals surface area contributed by atoms with Gasteiger partial charge in [0.25, 0.3) is 0 Å². The van der Waals surface area contributed by atoms with Gasteiger partial charge in [-0.25, -0.2) is 0 Å². The zero-order valence-corrected chi connectivity index (χ0v) is 69.9. The van der Waals surface area contributed by atoms with Crippen molar-refractivity contribution in [2.45, 2.75) is 51.4 Å². The van der Waals surface area contributed by atoms with Crippen LogP contribution in [0.15, 0.2) is 121 Å². The van der Waals surface area contributed by atoms with Gasteiger partial charge in [-0.15, -0.1) is 0 Å². The van der Waals surface area contributed by atoms with E-state index in [1.165, 1.54) is 22.3 Å². The predicted molar refractivity (Wildman–Crippen MR) is 441 cm³/mol. The Morgan fingerprint density at radius 3 is 0.457 bits per heavy atom. The smallest absolute Gasteiger partial charge is 0.0701 e. The molecule has 0 saturated heterocycles. The maximum atomic E-state index is 8.67.